The number of rotatable bonds is 4. The van der Waals surface area contributed by atoms with Crippen LogP contribution in [0.5, 0.6) is 11.5 Å². The van der Waals surface area contributed by atoms with Crippen LogP contribution in [-0.2, 0) is 5.41 Å². The van der Waals surface area contributed by atoms with Gasteiger partial charge in [-0.3, -0.25) is 0 Å². The molecule has 2 heteroatoms. The fourth-order valence-corrected chi connectivity index (χ4v) is 2.63. The molecule has 3 aromatic carbocycles. The van der Waals surface area contributed by atoms with E-state index >= 15 is 0 Å². The lowest BCUT2D eigenvalue weighted by atomic mass is 9.78. The van der Waals surface area contributed by atoms with Gasteiger partial charge in [0.15, 0.2) is 0 Å². The number of nitrogen functional groups attached to an aromatic ring is 1. The summed E-state index contributed by atoms with van der Waals surface area (Å²) in [6.45, 7) is 4.47. The number of hydrogen-bond donors (Lipinski definition) is 1. The average molecular weight is 303 g/mol. The van der Waals surface area contributed by atoms with E-state index in [9.17, 15) is 0 Å². The molecule has 3 rings (SSSR count). The minimum absolute atomic E-state index is 0.0407. The van der Waals surface area contributed by atoms with Gasteiger partial charge >= 0.3 is 0 Å². The molecule has 23 heavy (non-hydrogen) atoms. The molecular weight excluding hydrogens is 282 g/mol. The van der Waals surface area contributed by atoms with E-state index in [0.717, 1.165) is 17.2 Å². The standard InChI is InChI=1S/C21H21NO/c1-21(2,16-6-4-3-5-7-16)17-8-12-19(13-9-17)23-20-14-10-18(22)11-15-20/h3-15H,22H2,1-2H3. The molecule has 0 amide bonds. The van der Waals surface area contributed by atoms with Crippen molar-refractivity contribution in [1.82, 2.24) is 0 Å². The minimum Gasteiger partial charge on any atom is -0.457 e. The third kappa shape index (κ3) is 3.37. The van der Waals surface area contributed by atoms with E-state index in [1.54, 1.807) is 0 Å². The molecule has 0 saturated heterocycles. The molecule has 116 valence electrons. The van der Waals surface area contributed by atoms with Gasteiger partial charge in [0.25, 0.3) is 0 Å². The Morgan fingerprint density at radius 3 is 1.70 bits per heavy atom. The molecule has 2 nitrogen and oxygen atoms in total. The number of benzene rings is 3. The van der Waals surface area contributed by atoms with E-state index in [1.165, 1.54) is 11.1 Å². The molecule has 0 aliphatic heterocycles. The third-order valence-electron chi connectivity index (χ3n) is 4.19. The second kappa shape index (κ2) is 6.17. The SMILES string of the molecule is CC(C)(c1ccccc1)c1ccc(Oc2ccc(N)cc2)cc1. The number of nitrogens with two attached hydrogens (primary N) is 1. The quantitative estimate of drug-likeness (QED) is 0.656. The predicted octanol–water partition coefficient (Wildman–Crippen LogP) is 5.39. The highest BCUT2D eigenvalue weighted by Crippen LogP contribution is 2.33. The largest absolute Gasteiger partial charge is 0.457 e. The van der Waals surface area contributed by atoms with Crippen molar-refractivity contribution in [2.75, 3.05) is 5.73 Å². The summed E-state index contributed by atoms with van der Waals surface area (Å²) in [4.78, 5) is 0. The highest BCUT2D eigenvalue weighted by atomic mass is 16.5. The molecule has 0 spiro atoms. The van der Waals surface area contributed by atoms with E-state index in [1.807, 2.05) is 42.5 Å². The zero-order chi connectivity index (χ0) is 16.3. The zero-order valence-corrected chi connectivity index (χ0v) is 13.5. The van der Waals surface area contributed by atoms with Crippen molar-refractivity contribution in [2.24, 2.45) is 0 Å². The van der Waals surface area contributed by atoms with Crippen LogP contribution in [0.2, 0.25) is 0 Å². The maximum absolute atomic E-state index is 5.85. The lowest BCUT2D eigenvalue weighted by Crippen LogP contribution is -2.18. The Balaban J connectivity index is 1.80. The molecular formula is C21H21NO. The van der Waals surface area contributed by atoms with E-state index in [4.69, 9.17) is 10.5 Å². The Bertz CT molecular complexity index is 759. The summed E-state index contributed by atoms with van der Waals surface area (Å²) in [6, 6.07) is 26.2. The van der Waals surface area contributed by atoms with Crippen molar-refractivity contribution in [3.05, 3.63) is 90.0 Å². The van der Waals surface area contributed by atoms with Gasteiger partial charge in [0.05, 0.1) is 0 Å². The average Bonchev–Trinajstić information content (AvgIpc) is 2.58. The second-order valence-corrected chi connectivity index (χ2v) is 6.19. The lowest BCUT2D eigenvalue weighted by molar-refractivity contribution is 0.482. The molecule has 0 fully saturated rings. The number of anilines is 1. The van der Waals surface area contributed by atoms with Crippen LogP contribution in [-0.4, -0.2) is 0 Å². The van der Waals surface area contributed by atoms with Gasteiger partial charge in [-0.25, -0.2) is 0 Å². The molecule has 0 saturated carbocycles. The summed E-state index contributed by atoms with van der Waals surface area (Å²) in [6.07, 6.45) is 0. The van der Waals surface area contributed by atoms with Gasteiger partial charge in [-0.15, -0.1) is 0 Å². The van der Waals surface area contributed by atoms with Gasteiger partial charge in [-0.05, 0) is 47.5 Å². The van der Waals surface area contributed by atoms with E-state index < -0.39 is 0 Å². The maximum Gasteiger partial charge on any atom is 0.127 e. The van der Waals surface area contributed by atoms with Crippen molar-refractivity contribution in [1.29, 1.82) is 0 Å². The molecule has 0 heterocycles. The maximum atomic E-state index is 5.85. The van der Waals surface area contributed by atoms with Crippen LogP contribution in [0.4, 0.5) is 5.69 Å². The molecule has 3 aromatic rings. The van der Waals surface area contributed by atoms with E-state index in [0.29, 0.717) is 0 Å². The molecule has 0 atom stereocenters. The van der Waals surface area contributed by atoms with Crippen LogP contribution in [0.3, 0.4) is 0 Å². The Morgan fingerprint density at radius 2 is 1.13 bits per heavy atom. The Morgan fingerprint density at radius 1 is 0.652 bits per heavy atom. The van der Waals surface area contributed by atoms with Gasteiger partial charge < -0.3 is 10.5 Å². The molecule has 0 aliphatic carbocycles. The van der Waals surface area contributed by atoms with Crippen LogP contribution in [0.25, 0.3) is 0 Å². The van der Waals surface area contributed by atoms with Crippen molar-refractivity contribution < 1.29 is 4.74 Å². The van der Waals surface area contributed by atoms with Crippen molar-refractivity contribution in [3.63, 3.8) is 0 Å². The Hall–Kier alpha value is -2.74. The summed E-state index contributed by atoms with van der Waals surface area (Å²) in [5.41, 5.74) is 8.94. The van der Waals surface area contributed by atoms with Gasteiger partial charge in [0.1, 0.15) is 11.5 Å². The molecule has 0 aliphatic rings. The summed E-state index contributed by atoms with van der Waals surface area (Å²) >= 11 is 0. The summed E-state index contributed by atoms with van der Waals surface area (Å²) in [5, 5.41) is 0. The van der Waals surface area contributed by atoms with Gasteiger partial charge in [0.2, 0.25) is 0 Å². The monoisotopic (exact) mass is 303 g/mol. The minimum atomic E-state index is -0.0407. The van der Waals surface area contributed by atoms with E-state index in [2.05, 4.69) is 50.2 Å². The number of hydrogen-bond acceptors (Lipinski definition) is 2. The third-order valence-corrected chi connectivity index (χ3v) is 4.19. The lowest BCUT2D eigenvalue weighted by Gasteiger charge is -2.26. The first-order valence-electron chi connectivity index (χ1n) is 7.75. The smallest absolute Gasteiger partial charge is 0.127 e. The van der Waals surface area contributed by atoms with E-state index in [-0.39, 0.29) is 5.41 Å². The van der Waals surface area contributed by atoms with Gasteiger partial charge in [0, 0.05) is 11.1 Å². The fourth-order valence-electron chi connectivity index (χ4n) is 2.63. The highest BCUT2D eigenvalue weighted by molar-refractivity contribution is 5.44. The van der Waals surface area contributed by atoms with Crippen LogP contribution in [0.1, 0.15) is 25.0 Å². The van der Waals surface area contributed by atoms with Crippen LogP contribution >= 0.6 is 0 Å². The molecule has 0 radical (unpaired) electrons. The Labute approximate surface area is 137 Å². The highest BCUT2D eigenvalue weighted by Gasteiger charge is 2.22. The Kier molecular flexibility index (Phi) is 4.07. The van der Waals surface area contributed by atoms with Gasteiger partial charge in [-0.1, -0.05) is 56.3 Å². The summed E-state index contributed by atoms with van der Waals surface area (Å²) in [7, 11) is 0. The zero-order valence-electron chi connectivity index (χ0n) is 13.5. The number of ether oxygens (including phenoxy) is 1. The first-order chi connectivity index (χ1) is 11.1. The molecule has 0 aromatic heterocycles. The van der Waals surface area contributed by atoms with Crippen molar-refractivity contribution in [3.8, 4) is 11.5 Å². The topological polar surface area (TPSA) is 35.2 Å². The first kappa shape index (κ1) is 15.2. The molecule has 0 bridgehead atoms. The predicted molar refractivity (Wildman–Crippen MR) is 95.9 cm³/mol. The summed E-state index contributed by atoms with van der Waals surface area (Å²) < 4.78 is 5.85. The fraction of sp³-hybridized carbons (Fsp3) is 0.143. The summed E-state index contributed by atoms with van der Waals surface area (Å²) in [5.74, 6) is 1.61. The normalized spacial score (nSPS) is 11.2. The van der Waals surface area contributed by atoms with Gasteiger partial charge in [-0.2, -0.15) is 0 Å². The second-order valence-electron chi connectivity index (χ2n) is 6.19. The molecule has 2 N–H and O–H groups in total. The first-order valence-corrected chi connectivity index (χ1v) is 7.75. The van der Waals surface area contributed by atoms with Crippen LogP contribution < -0.4 is 10.5 Å². The van der Waals surface area contributed by atoms with Crippen molar-refractivity contribution >= 4 is 5.69 Å². The molecule has 0 unspecified atom stereocenters. The van der Waals surface area contributed by atoms with Crippen LogP contribution in [0, 0.1) is 0 Å². The van der Waals surface area contributed by atoms with Crippen LogP contribution in [0.15, 0.2) is 78.9 Å². The van der Waals surface area contributed by atoms with Crippen molar-refractivity contribution in [2.45, 2.75) is 19.3 Å².